The highest BCUT2D eigenvalue weighted by Gasteiger charge is 2.39. The summed E-state index contributed by atoms with van der Waals surface area (Å²) in [6.45, 7) is 2.75. The Balaban J connectivity index is 2.09. The van der Waals surface area contributed by atoms with Crippen LogP contribution in [0.1, 0.15) is 35.9 Å². The van der Waals surface area contributed by atoms with Gasteiger partial charge in [0.05, 0.1) is 11.7 Å². The fourth-order valence-corrected chi connectivity index (χ4v) is 2.57. The SMILES string of the molecule is Cc1noc2c1C1CCC(=O)N1CC2. The molecule has 0 spiro atoms. The molecular weight excluding hydrogens is 180 g/mol. The number of nitrogens with zero attached hydrogens (tertiary/aromatic N) is 2. The highest BCUT2D eigenvalue weighted by molar-refractivity contribution is 5.79. The molecule has 0 N–H and O–H groups in total. The lowest BCUT2D eigenvalue weighted by atomic mass is 9.98. The molecule has 0 aliphatic carbocycles. The Morgan fingerprint density at radius 1 is 1.50 bits per heavy atom. The van der Waals surface area contributed by atoms with E-state index in [2.05, 4.69) is 5.16 Å². The molecule has 14 heavy (non-hydrogen) atoms. The fraction of sp³-hybridized carbons (Fsp3) is 0.600. The van der Waals surface area contributed by atoms with E-state index in [1.54, 1.807) is 0 Å². The Kier molecular flexibility index (Phi) is 1.48. The molecule has 1 amide bonds. The summed E-state index contributed by atoms with van der Waals surface area (Å²) in [5.41, 5.74) is 2.12. The molecule has 0 saturated carbocycles. The van der Waals surface area contributed by atoms with Crippen LogP contribution in [0.2, 0.25) is 0 Å². The quantitative estimate of drug-likeness (QED) is 0.620. The number of aromatic nitrogens is 1. The minimum Gasteiger partial charge on any atom is -0.361 e. The van der Waals surface area contributed by atoms with Crippen molar-refractivity contribution in [3.63, 3.8) is 0 Å². The molecule has 1 aromatic heterocycles. The Hall–Kier alpha value is -1.32. The van der Waals surface area contributed by atoms with E-state index < -0.39 is 0 Å². The summed E-state index contributed by atoms with van der Waals surface area (Å²) in [6, 6.07) is 0.248. The van der Waals surface area contributed by atoms with Crippen molar-refractivity contribution in [3.05, 3.63) is 17.0 Å². The Morgan fingerprint density at radius 2 is 2.36 bits per heavy atom. The van der Waals surface area contributed by atoms with Crippen LogP contribution in [0.25, 0.3) is 0 Å². The van der Waals surface area contributed by atoms with Crippen molar-refractivity contribution in [2.45, 2.75) is 32.2 Å². The number of amides is 1. The van der Waals surface area contributed by atoms with Gasteiger partial charge >= 0.3 is 0 Å². The van der Waals surface area contributed by atoms with Crippen molar-refractivity contribution in [3.8, 4) is 0 Å². The van der Waals surface area contributed by atoms with Gasteiger partial charge in [-0.25, -0.2) is 0 Å². The first-order valence-electron chi connectivity index (χ1n) is 5.02. The van der Waals surface area contributed by atoms with E-state index in [4.69, 9.17) is 4.52 Å². The molecule has 2 aliphatic heterocycles. The van der Waals surface area contributed by atoms with Crippen LogP contribution >= 0.6 is 0 Å². The van der Waals surface area contributed by atoms with Gasteiger partial charge in [0.25, 0.3) is 0 Å². The standard InChI is InChI=1S/C10H12N2O2/c1-6-10-7-2-3-9(13)12(7)5-4-8(10)14-11-6/h7H,2-5H2,1H3. The zero-order valence-electron chi connectivity index (χ0n) is 8.12. The molecule has 1 saturated heterocycles. The van der Waals surface area contributed by atoms with Gasteiger partial charge in [-0.1, -0.05) is 5.16 Å². The summed E-state index contributed by atoms with van der Waals surface area (Å²) < 4.78 is 5.24. The monoisotopic (exact) mass is 192 g/mol. The Bertz CT molecular complexity index is 397. The molecule has 3 rings (SSSR count). The number of fused-ring (bicyclic) bond motifs is 3. The van der Waals surface area contributed by atoms with Crippen LogP contribution in [0.15, 0.2) is 4.52 Å². The second-order valence-corrected chi connectivity index (χ2v) is 4.00. The number of hydrogen-bond donors (Lipinski definition) is 0. The van der Waals surface area contributed by atoms with E-state index in [1.807, 2.05) is 11.8 Å². The zero-order valence-corrected chi connectivity index (χ0v) is 8.12. The van der Waals surface area contributed by atoms with E-state index in [-0.39, 0.29) is 11.9 Å². The van der Waals surface area contributed by atoms with Gasteiger partial charge in [-0.3, -0.25) is 4.79 Å². The zero-order chi connectivity index (χ0) is 9.71. The van der Waals surface area contributed by atoms with Crippen LogP contribution in [0.4, 0.5) is 0 Å². The topological polar surface area (TPSA) is 46.3 Å². The third-order valence-electron chi connectivity index (χ3n) is 3.22. The fourth-order valence-electron chi connectivity index (χ4n) is 2.57. The summed E-state index contributed by atoms with van der Waals surface area (Å²) in [5, 5.41) is 3.97. The van der Waals surface area contributed by atoms with Crippen molar-refractivity contribution < 1.29 is 9.32 Å². The van der Waals surface area contributed by atoms with Gasteiger partial charge < -0.3 is 9.42 Å². The van der Waals surface area contributed by atoms with Gasteiger partial charge in [-0.15, -0.1) is 0 Å². The number of carbonyl (C=O) groups excluding carboxylic acids is 1. The van der Waals surface area contributed by atoms with E-state index in [9.17, 15) is 4.79 Å². The molecule has 1 unspecified atom stereocenters. The molecule has 4 nitrogen and oxygen atoms in total. The first-order valence-corrected chi connectivity index (χ1v) is 5.02. The largest absolute Gasteiger partial charge is 0.361 e. The molecule has 4 heteroatoms. The second-order valence-electron chi connectivity index (χ2n) is 4.00. The van der Waals surface area contributed by atoms with Crippen LogP contribution in [0, 0.1) is 6.92 Å². The average molecular weight is 192 g/mol. The Labute approximate surface area is 81.9 Å². The second kappa shape index (κ2) is 2.59. The van der Waals surface area contributed by atoms with Crippen molar-refractivity contribution in [2.24, 2.45) is 0 Å². The lowest BCUT2D eigenvalue weighted by Gasteiger charge is -2.28. The molecule has 0 bridgehead atoms. The number of rotatable bonds is 0. The van der Waals surface area contributed by atoms with Gasteiger partial charge in [0, 0.05) is 24.9 Å². The molecule has 2 aliphatic rings. The molecule has 1 atom stereocenters. The van der Waals surface area contributed by atoms with Crippen LogP contribution in [-0.2, 0) is 11.2 Å². The summed E-state index contributed by atoms with van der Waals surface area (Å²) in [5.74, 6) is 1.26. The first kappa shape index (κ1) is 8.03. The van der Waals surface area contributed by atoms with Crippen LogP contribution in [0.3, 0.4) is 0 Å². The van der Waals surface area contributed by atoms with Gasteiger partial charge in [-0.2, -0.15) is 0 Å². The molecule has 3 heterocycles. The maximum absolute atomic E-state index is 11.5. The summed E-state index contributed by atoms with van der Waals surface area (Å²) >= 11 is 0. The van der Waals surface area contributed by atoms with Crippen molar-refractivity contribution in [1.29, 1.82) is 0 Å². The molecular formula is C10H12N2O2. The van der Waals surface area contributed by atoms with Crippen molar-refractivity contribution >= 4 is 5.91 Å². The number of hydrogen-bond acceptors (Lipinski definition) is 3. The molecule has 0 aromatic carbocycles. The third-order valence-corrected chi connectivity index (χ3v) is 3.22. The van der Waals surface area contributed by atoms with Crippen LogP contribution in [0.5, 0.6) is 0 Å². The predicted molar refractivity (Wildman–Crippen MR) is 48.6 cm³/mol. The lowest BCUT2D eigenvalue weighted by molar-refractivity contribution is -0.129. The van der Waals surface area contributed by atoms with E-state index in [1.165, 1.54) is 5.56 Å². The molecule has 1 aromatic rings. The van der Waals surface area contributed by atoms with Gasteiger partial charge in [0.2, 0.25) is 5.91 Å². The van der Waals surface area contributed by atoms with Gasteiger partial charge in [0.1, 0.15) is 5.76 Å². The maximum Gasteiger partial charge on any atom is 0.223 e. The van der Waals surface area contributed by atoms with Gasteiger partial charge in [0.15, 0.2) is 0 Å². The van der Waals surface area contributed by atoms with E-state index in [0.29, 0.717) is 6.42 Å². The van der Waals surface area contributed by atoms with E-state index >= 15 is 0 Å². The smallest absolute Gasteiger partial charge is 0.223 e. The average Bonchev–Trinajstić information content (AvgIpc) is 2.72. The minimum absolute atomic E-state index is 0.248. The Morgan fingerprint density at radius 3 is 3.21 bits per heavy atom. The number of carbonyl (C=O) groups is 1. The van der Waals surface area contributed by atoms with Crippen LogP contribution in [-0.4, -0.2) is 22.5 Å². The summed E-state index contributed by atoms with van der Waals surface area (Å²) in [6.07, 6.45) is 2.42. The molecule has 1 fully saturated rings. The van der Waals surface area contributed by atoms with E-state index in [0.717, 1.165) is 30.8 Å². The maximum atomic E-state index is 11.5. The van der Waals surface area contributed by atoms with Crippen LogP contribution < -0.4 is 0 Å². The highest BCUT2D eigenvalue weighted by Crippen LogP contribution is 2.39. The third kappa shape index (κ3) is 0.882. The lowest BCUT2D eigenvalue weighted by Crippen LogP contribution is -2.33. The number of aryl methyl sites for hydroxylation is 1. The first-order chi connectivity index (χ1) is 6.77. The van der Waals surface area contributed by atoms with Crippen molar-refractivity contribution in [1.82, 2.24) is 10.1 Å². The van der Waals surface area contributed by atoms with Crippen molar-refractivity contribution in [2.75, 3.05) is 6.54 Å². The molecule has 0 radical (unpaired) electrons. The normalized spacial score (nSPS) is 25.1. The highest BCUT2D eigenvalue weighted by atomic mass is 16.5. The summed E-state index contributed by atoms with van der Waals surface area (Å²) in [7, 11) is 0. The minimum atomic E-state index is 0.248. The molecule has 74 valence electrons. The predicted octanol–water partition coefficient (Wildman–Crippen LogP) is 1.20. The van der Waals surface area contributed by atoms with Gasteiger partial charge in [-0.05, 0) is 13.3 Å². The summed E-state index contributed by atoms with van der Waals surface area (Å²) in [4.78, 5) is 13.5.